The molecular weight excluding hydrogens is 360 g/mol. The molecule has 0 aliphatic rings. The molecular formula is C21H22N2O5. The number of amides is 1. The molecule has 0 bridgehead atoms. The molecule has 0 fully saturated rings. The Morgan fingerprint density at radius 1 is 1.00 bits per heavy atom. The fraction of sp³-hybridized carbons (Fsp3) is 0.238. The summed E-state index contributed by atoms with van der Waals surface area (Å²) in [6.07, 6.45) is 3.28. The van der Waals surface area contributed by atoms with Crippen molar-refractivity contribution in [3.63, 3.8) is 0 Å². The summed E-state index contributed by atoms with van der Waals surface area (Å²) in [5.41, 5.74) is 1.19. The Labute approximate surface area is 163 Å². The van der Waals surface area contributed by atoms with E-state index in [9.17, 15) is 4.79 Å². The van der Waals surface area contributed by atoms with E-state index in [1.807, 2.05) is 24.3 Å². The fourth-order valence-electron chi connectivity index (χ4n) is 2.86. The SMILES string of the molecule is COc1cc(C(=O)N(Cc2ccccn2)Cc2ccco2)cc(OC)c1OC. The second-order valence-electron chi connectivity index (χ2n) is 5.98. The Hall–Kier alpha value is -3.48. The minimum absolute atomic E-state index is 0.207. The molecule has 146 valence electrons. The van der Waals surface area contributed by atoms with Gasteiger partial charge in [0.2, 0.25) is 5.75 Å². The van der Waals surface area contributed by atoms with Gasteiger partial charge in [0.25, 0.3) is 5.91 Å². The van der Waals surface area contributed by atoms with Gasteiger partial charge in [0.15, 0.2) is 11.5 Å². The highest BCUT2D eigenvalue weighted by molar-refractivity contribution is 5.95. The van der Waals surface area contributed by atoms with Crippen molar-refractivity contribution in [2.45, 2.75) is 13.1 Å². The largest absolute Gasteiger partial charge is 0.493 e. The van der Waals surface area contributed by atoms with Crippen LogP contribution in [0.4, 0.5) is 0 Å². The molecule has 2 heterocycles. The van der Waals surface area contributed by atoms with Gasteiger partial charge in [-0.25, -0.2) is 0 Å². The predicted molar refractivity (Wildman–Crippen MR) is 103 cm³/mol. The van der Waals surface area contributed by atoms with Gasteiger partial charge in [-0.2, -0.15) is 0 Å². The van der Waals surface area contributed by atoms with E-state index < -0.39 is 0 Å². The van der Waals surface area contributed by atoms with Gasteiger partial charge in [-0.15, -0.1) is 0 Å². The van der Waals surface area contributed by atoms with Crippen LogP contribution in [0.25, 0.3) is 0 Å². The van der Waals surface area contributed by atoms with Crippen LogP contribution in [0.1, 0.15) is 21.8 Å². The number of pyridine rings is 1. The molecule has 7 nitrogen and oxygen atoms in total. The maximum absolute atomic E-state index is 13.3. The number of hydrogen-bond acceptors (Lipinski definition) is 6. The lowest BCUT2D eigenvalue weighted by atomic mass is 10.1. The highest BCUT2D eigenvalue weighted by Crippen LogP contribution is 2.38. The summed E-state index contributed by atoms with van der Waals surface area (Å²) in [6, 6.07) is 12.5. The zero-order chi connectivity index (χ0) is 19.9. The molecule has 0 N–H and O–H groups in total. The Bertz CT molecular complexity index is 885. The van der Waals surface area contributed by atoms with Gasteiger partial charge in [-0.05, 0) is 36.4 Å². The number of ether oxygens (including phenoxy) is 3. The number of aromatic nitrogens is 1. The first kappa shape index (κ1) is 19.3. The van der Waals surface area contributed by atoms with E-state index in [0.29, 0.717) is 41.7 Å². The highest BCUT2D eigenvalue weighted by Gasteiger charge is 2.22. The lowest BCUT2D eigenvalue weighted by molar-refractivity contribution is 0.0714. The summed E-state index contributed by atoms with van der Waals surface area (Å²) in [6.45, 7) is 0.635. The standard InChI is InChI=1S/C21H22N2O5/c1-25-18-11-15(12-19(26-2)20(18)27-3)21(24)23(14-17-8-6-10-28-17)13-16-7-4-5-9-22-16/h4-12H,13-14H2,1-3H3. The first-order valence-electron chi connectivity index (χ1n) is 8.67. The van der Waals surface area contributed by atoms with Gasteiger partial charge in [-0.1, -0.05) is 6.07 Å². The number of nitrogens with zero attached hydrogens (tertiary/aromatic N) is 2. The number of rotatable bonds is 8. The highest BCUT2D eigenvalue weighted by atomic mass is 16.5. The fourth-order valence-corrected chi connectivity index (χ4v) is 2.86. The summed E-state index contributed by atoms with van der Waals surface area (Å²) < 4.78 is 21.5. The minimum atomic E-state index is -0.207. The zero-order valence-electron chi connectivity index (χ0n) is 16.0. The normalized spacial score (nSPS) is 10.4. The molecule has 3 rings (SSSR count). The van der Waals surface area contributed by atoms with Crippen LogP contribution >= 0.6 is 0 Å². The average molecular weight is 382 g/mol. The van der Waals surface area contributed by atoms with Crippen LogP contribution in [0.5, 0.6) is 17.2 Å². The minimum Gasteiger partial charge on any atom is -0.493 e. The van der Waals surface area contributed by atoms with Crippen molar-refractivity contribution < 1.29 is 23.4 Å². The number of hydrogen-bond donors (Lipinski definition) is 0. The second-order valence-corrected chi connectivity index (χ2v) is 5.98. The molecule has 0 radical (unpaired) electrons. The molecule has 0 atom stereocenters. The van der Waals surface area contributed by atoms with Gasteiger partial charge < -0.3 is 23.5 Å². The molecule has 0 saturated carbocycles. The molecule has 0 aliphatic carbocycles. The van der Waals surface area contributed by atoms with Crippen LogP contribution in [0.3, 0.4) is 0 Å². The van der Waals surface area contributed by atoms with Gasteiger partial charge in [0.1, 0.15) is 5.76 Å². The molecule has 3 aromatic rings. The average Bonchev–Trinajstić information content (AvgIpc) is 3.25. The van der Waals surface area contributed by atoms with Gasteiger partial charge in [0, 0.05) is 11.8 Å². The third-order valence-corrected chi connectivity index (χ3v) is 4.20. The van der Waals surface area contributed by atoms with Crippen molar-refractivity contribution in [3.05, 3.63) is 71.9 Å². The van der Waals surface area contributed by atoms with E-state index in [1.165, 1.54) is 21.3 Å². The van der Waals surface area contributed by atoms with Crippen LogP contribution in [0.15, 0.2) is 59.3 Å². The van der Waals surface area contributed by atoms with Crippen molar-refractivity contribution in [1.29, 1.82) is 0 Å². The topological polar surface area (TPSA) is 74.0 Å². The lowest BCUT2D eigenvalue weighted by Gasteiger charge is -2.22. The summed E-state index contributed by atoms with van der Waals surface area (Å²) in [5, 5.41) is 0. The summed E-state index contributed by atoms with van der Waals surface area (Å²) in [4.78, 5) is 19.3. The zero-order valence-corrected chi connectivity index (χ0v) is 16.0. The van der Waals surface area contributed by atoms with Gasteiger partial charge in [0.05, 0.1) is 46.4 Å². The van der Waals surface area contributed by atoms with Gasteiger partial charge >= 0.3 is 0 Å². The number of benzene rings is 1. The van der Waals surface area contributed by atoms with Crippen molar-refractivity contribution in [2.75, 3.05) is 21.3 Å². The summed E-state index contributed by atoms with van der Waals surface area (Å²) in [5.74, 6) is 1.74. The van der Waals surface area contributed by atoms with E-state index in [-0.39, 0.29) is 5.91 Å². The Balaban J connectivity index is 1.96. The Morgan fingerprint density at radius 2 is 1.75 bits per heavy atom. The van der Waals surface area contributed by atoms with Crippen molar-refractivity contribution in [3.8, 4) is 17.2 Å². The summed E-state index contributed by atoms with van der Waals surface area (Å²) >= 11 is 0. The van der Waals surface area contributed by atoms with Crippen LogP contribution in [0, 0.1) is 0 Å². The van der Waals surface area contributed by atoms with Gasteiger partial charge in [-0.3, -0.25) is 9.78 Å². The van der Waals surface area contributed by atoms with E-state index in [1.54, 1.807) is 35.6 Å². The number of furan rings is 1. The van der Waals surface area contributed by atoms with Crippen LogP contribution in [0.2, 0.25) is 0 Å². The van der Waals surface area contributed by atoms with E-state index in [4.69, 9.17) is 18.6 Å². The maximum Gasteiger partial charge on any atom is 0.254 e. The van der Waals surface area contributed by atoms with Crippen molar-refractivity contribution in [1.82, 2.24) is 9.88 Å². The Kier molecular flexibility index (Phi) is 6.16. The van der Waals surface area contributed by atoms with Crippen LogP contribution in [-0.2, 0) is 13.1 Å². The molecule has 1 amide bonds. The molecule has 7 heteroatoms. The number of carbonyl (C=O) groups is 1. The number of methoxy groups -OCH3 is 3. The van der Waals surface area contributed by atoms with E-state index in [0.717, 1.165) is 5.69 Å². The maximum atomic E-state index is 13.3. The quantitative estimate of drug-likeness (QED) is 0.593. The van der Waals surface area contributed by atoms with Crippen molar-refractivity contribution in [2.24, 2.45) is 0 Å². The molecule has 0 aliphatic heterocycles. The first-order valence-corrected chi connectivity index (χ1v) is 8.67. The molecule has 0 saturated heterocycles. The number of carbonyl (C=O) groups excluding carboxylic acids is 1. The predicted octanol–water partition coefficient (Wildman–Crippen LogP) is 3.54. The van der Waals surface area contributed by atoms with Crippen LogP contribution < -0.4 is 14.2 Å². The summed E-state index contributed by atoms with van der Waals surface area (Å²) in [7, 11) is 4.55. The molecule has 1 aromatic carbocycles. The third kappa shape index (κ3) is 4.25. The van der Waals surface area contributed by atoms with Crippen molar-refractivity contribution >= 4 is 5.91 Å². The smallest absolute Gasteiger partial charge is 0.254 e. The Morgan fingerprint density at radius 3 is 2.29 bits per heavy atom. The lowest BCUT2D eigenvalue weighted by Crippen LogP contribution is -2.30. The molecule has 0 unspecified atom stereocenters. The monoisotopic (exact) mass is 382 g/mol. The molecule has 2 aromatic heterocycles. The van der Waals surface area contributed by atoms with Crippen LogP contribution in [-0.4, -0.2) is 37.1 Å². The second kappa shape index (κ2) is 8.94. The first-order chi connectivity index (χ1) is 13.7. The van der Waals surface area contributed by atoms with E-state index >= 15 is 0 Å². The van der Waals surface area contributed by atoms with E-state index in [2.05, 4.69) is 4.98 Å². The molecule has 28 heavy (non-hydrogen) atoms. The molecule has 0 spiro atoms. The third-order valence-electron chi connectivity index (χ3n) is 4.20.